The number of carbonyl (C=O) groups excluding carboxylic acids is 5. The van der Waals surface area contributed by atoms with Crippen LogP contribution in [0.5, 0.6) is 17.2 Å². The maximum absolute atomic E-state index is 13.2. The summed E-state index contributed by atoms with van der Waals surface area (Å²) in [4.78, 5) is 63.6. The lowest BCUT2D eigenvalue weighted by molar-refractivity contribution is -0.215. The Kier molecular flexibility index (Phi) is 7.72. The van der Waals surface area contributed by atoms with Gasteiger partial charge in [-0.05, 0) is 61.8 Å². The Balaban J connectivity index is 0.844. The van der Waals surface area contributed by atoms with Crippen molar-refractivity contribution in [3.8, 4) is 28.5 Å². The number of fused-ring (bicyclic) bond motifs is 1. The second kappa shape index (κ2) is 11.9. The molecule has 1 unspecified atom stereocenters. The molecule has 1 atom stereocenters. The Morgan fingerprint density at radius 3 is 2.52 bits per heavy atom. The first kappa shape index (κ1) is 31.1. The number of anilines is 1. The number of phenols is 1. The van der Waals surface area contributed by atoms with E-state index in [1.807, 2.05) is 0 Å². The third kappa shape index (κ3) is 5.56. The number of imide groups is 2. The summed E-state index contributed by atoms with van der Waals surface area (Å²) in [5.41, 5.74) is 7.32. The van der Waals surface area contributed by atoms with Crippen molar-refractivity contribution in [1.29, 1.82) is 0 Å². The molecule has 4 fully saturated rings. The molecular formula is C34H34N6O8. The highest BCUT2D eigenvalue weighted by Gasteiger charge is 2.67. The first-order valence-corrected chi connectivity index (χ1v) is 15.9. The second-order valence-electron chi connectivity index (χ2n) is 13.2. The summed E-state index contributed by atoms with van der Waals surface area (Å²) in [6.45, 7) is 1.19. The van der Waals surface area contributed by atoms with Gasteiger partial charge in [0, 0.05) is 36.4 Å². The van der Waals surface area contributed by atoms with Crippen molar-refractivity contribution in [2.24, 2.45) is 10.8 Å². The molecule has 5 amide bonds. The van der Waals surface area contributed by atoms with Crippen molar-refractivity contribution in [3.63, 3.8) is 0 Å². The summed E-state index contributed by atoms with van der Waals surface area (Å²) >= 11 is 0. The Labute approximate surface area is 275 Å². The van der Waals surface area contributed by atoms with Crippen LogP contribution in [0.3, 0.4) is 0 Å². The maximum Gasteiger partial charge on any atom is 0.266 e. The number of piperidine rings is 1. The normalized spacial score (nSPS) is 23.9. The van der Waals surface area contributed by atoms with Gasteiger partial charge in [0.05, 0.1) is 24.3 Å². The van der Waals surface area contributed by atoms with Gasteiger partial charge in [0.25, 0.3) is 11.8 Å². The number of amides is 5. The Morgan fingerprint density at radius 1 is 0.979 bits per heavy atom. The highest BCUT2D eigenvalue weighted by Crippen LogP contribution is 2.73. The number of aromatic hydroxyl groups is 1. The van der Waals surface area contributed by atoms with E-state index in [1.165, 1.54) is 6.07 Å². The van der Waals surface area contributed by atoms with Crippen molar-refractivity contribution < 1.29 is 38.6 Å². The van der Waals surface area contributed by atoms with Crippen LogP contribution in [0.25, 0.3) is 11.3 Å². The number of para-hydroxylation sites is 1. The van der Waals surface area contributed by atoms with E-state index in [0.717, 1.165) is 24.2 Å². The maximum atomic E-state index is 13.2. The van der Waals surface area contributed by atoms with Crippen LogP contribution >= 0.6 is 0 Å². The SMILES string of the molecule is Nc1nnc(-c2ccccc2O)cc1OCC12CC(CNC(=O)CCCOc3cccc4c3C(=O)N(C3CCC(=O)NC3=O)C4=O)(C1)C2. The fourth-order valence-corrected chi connectivity index (χ4v) is 7.52. The van der Waals surface area contributed by atoms with E-state index >= 15 is 0 Å². The van der Waals surface area contributed by atoms with Gasteiger partial charge in [0.2, 0.25) is 17.7 Å². The smallest absolute Gasteiger partial charge is 0.266 e. The summed E-state index contributed by atoms with van der Waals surface area (Å²) in [7, 11) is 0. The summed E-state index contributed by atoms with van der Waals surface area (Å²) < 4.78 is 11.9. The highest BCUT2D eigenvalue weighted by atomic mass is 16.5. The molecule has 0 spiro atoms. The summed E-state index contributed by atoms with van der Waals surface area (Å²) in [5, 5.41) is 23.4. The molecule has 3 aliphatic carbocycles. The van der Waals surface area contributed by atoms with Gasteiger partial charge in [-0.15, -0.1) is 10.2 Å². The molecule has 1 aromatic heterocycles. The van der Waals surface area contributed by atoms with Gasteiger partial charge in [0.1, 0.15) is 23.2 Å². The molecule has 3 saturated carbocycles. The fraction of sp³-hybridized carbons (Fsp3) is 0.382. The van der Waals surface area contributed by atoms with Gasteiger partial charge in [-0.2, -0.15) is 0 Å². The second-order valence-corrected chi connectivity index (χ2v) is 13.2. The lowest BCUT2D eigenvalue weighted by Gasteiger charge is -2.70. The lowest BCUT2D eigenvalue weighted by atomic mass is 9.35. The molecule has 2 aliphatic heterocycles. The predicted molar refractivity (Wildman–Crippen MR) is 169 cm³/mol. The number of hydrogen-bond donors (Lipinski definition) is 4. The van der Waals surface area contributed by atoms with E-state index in [1.54, 1.807) is 42.5 Å². The van der Waals surface area contributed by atoms with E-state index < -0.39 is 29.7 Å². The molecule has 48 heavy (non-hydrogen) atoms. The molecule has 2 aromatic carbocycles. The molecule has 248 valence electrons. The van der Waals surface area contributed by atoms with E-state index in [0.29, 0.717) is 36.6 Å². The minimum absolute atomic E-state index is 0.0336. The van der Waals surface area contributed by atoms with Gasteiger partial charge in [-0.1, -0.05) is 18.2 Å². The molecule has 8 rings (SSSR count). The molecule has 3 aromatic rings. The van der Waals surface area contributed by atoms with Gasteiger partial charge in [-0.3, -0.25) is 34.2 Å². The average Bonchev–Trinajstić information content (AvgIpc) is 3.28. The van der Waals surface area contributed by atoms with Gasteiger partial charge in [-0.25, -0.2) is 0 Å². The van der Waals surface area contributed by atoms with Crippen LogP contribution in [-0.2, 0) is 14.4 Å². The fourth-order valence-electron chi connectivity index (χ4n) is 7.52. The summed E-state index contributed by atoms with van der Waals surface area (Å²) in [5.74, 6) is -1.57. The number of nitrogens with two attached hydrogens (primary N) is 1. The molecule has 14 nitrogen and oxygen atoms in total. The zero-order valence-corrected chi connectivity index (χ0v) is 26.0. The van der Waals surface area contributed by atoms with E-state index in [4.69, 9.17) is 15.2 Å². The van der Waals surface area contributed by atoms with E-state index in [2.05, 4.69) is 20.8 Å². The van der Waals surface area contributed by atoms with Crippen LogP contribution in [0.2, 0.25) is 0 Å². The number of phenolic OH excluding ortho intramolecular Hbond substituents is 1. The van der Waals surface area contributed by atoms with Crippen LogP contribution in [0.15, 0.2) is 48.5 Å². The molecule has 3 heterocycles. The predicted octanol–water partition coefficient (Wildman–Crippen LogP) is 2.36. The Hall–Kier alpha value is -5.53. The van der Waals surface area contributed by atoms with E-state index in [9.17, 15) is 29.1 Å². The summed E-state index contributed by atoms with van der Waals surface area (Å²) in [6, 6.07) is 12.1. The number of hydrogen-bond acceptors (Lipinski definition) is 11. The zero-order valence-electron chi connectivity index (χ0n) is 26.0. The van der Waals surface area contributed by atoms with Crippen molar-refractivity contribution >= 4 is 35.4 Å². The third-order valence-corrected chi connectivity index (χ3v) is 9.65. The molecule has 1 saturated heterocycles. The third-order valence-electron chi connectivity index (χ3n) is 9.65. The van der Waals surface area contributed by atoms with Crippen LogP contribution in [0, 0.1) is 10.8 Å². The average molecular weight is 655 g/mol. The minimum Gasteiger partial charge on any atom is -0.507 e. The topological polar surface area (TPSA) is 203 Å². The number of aromatic nitrogens is 2. The minimum atomic E-state index is -1.06. The first-order chi connectivity index (χ1) is 23.1. The molecule has 0 radical (unpaired) electrons. The van der Waals surface area contributed by atoms with Gasteiger partial charge in [0.15, 0.2) is 11.6 Å². The quantitative estimate of drug-likeness (QED) is 0.165. The molecule has 5 aliphatic rings. The number of nitrogens with zero attached hydrogens (tertiary/aromatic N) is 3. The number of rotatable bonds is 12. The standard InChI is InChI=1S/C34H34N6O8/c35-29-25(13-21(38-39-29)19-5-1-2-7-23(19)41)48-18-34-14-33(15-34,16-34)17-36-26(42)9-4-12-47-24-8-3-6-20-28(24)32(46)40(31(20)45)22-10-11-27(43)37-30(22)44/h1-3,5-8,13,22,41H,4,9-12,14-18H2,(H2,35,39)(H,36,42)(H,37,43,44). The van der Waals surface area contributed by atoms with Crippen LogP contribution in [-0.4, -0.2) is 75.5 Å². The lowest BCUT2D eigenvalue weighted by Crippen LogP contribution is -2.67. The van der Waals surface area contributed by atoms with Crippen molar-refractivity contribution in [1.82, 2.24) is 25.7 Å². The van der Waals surface area contributed by atoms with Crippen molar-refractivity contribution in [2.45, 2.75) is 51.0 Å². The zero-order chi connectivity index (χ0) is 33.6. The number of nitrogen functional groups attached to an aromatic ring is 1. The Morgan fingerprint density at radius 2 is 1.75 bits per heavy atom. The number of carbonyl (C=O) groups is 5. The van der Waals surface area contributed by atoms with Crippen LogP contribution in [0.4, 0.5) is 5.82 Å². The van der Waals surface area contributed by atoms with E-state index in [-0.39, 0.29) is 71.1 Å². The van der Waals surface area contributed by atoms with Crippen LogP contribution in [0.1, 0.15) is 65.7 Å². The Bertz CT molecular complexity index is 1840. The highest BCUT2D eigenvalue weighted by molar-refractivity contribution is 6.24. The number of benzene rings is 2. The molecule has 14 heteroatoms. The molecule has 2 bridgehead atoms. The molecular weight excluding hydrogens is 620 g/mol. The largest absolute Gasteiger partial charge is 0.507 e. The number of nitrogens with one attached hydrogen (secondary N) is 2. The first-order valence-electron chi connectivity index (χ1n) is 15.9. The number of ether oxygens (including phenoxy) is 2. The van der Waals surface area contributed by atoms with Crippen molar-refractivity contribution in [2.75, 3.05) is 25.5 Å². The van der Waals surface area contributed by atoms with Crippen molar-refractivity contribution in [3.05, 3.63) is 59.7 Å². The van der Waals surface area contributed by atoms with Gasteiger partial charge >= 0.3 is 0 Å². The van der Waals surface area contributed by atoms with Crippen LogP contribution < -0.4 is 25.8 Å². The molecule has 5 N–H and O–H groups in total. The monoisotopic (exact) mass is 654 g/mol. The van der Waals surface area contributed by atoms with Gasteiger partial charge < -0.3 is 25.6 Å². The summed E-state index contributed by atoms with van der Waals surface area (Å²) in [6.07, 6.45) is 3.50.